The topological polar surface area (TPSA) is 35.6 Å². The van der Waals surface area contributed by atoms with Gasteiger partial charge >= 0.3 is 0 Å². The average molecular weight is 643 g/mol. The van der Waals surface area contributed by atoms with Gasteiger partial charge < -0.3 is 9.13 Å². The molecule has 0 aliphatic rings. The van der Waals surface area contributed by atoms with E-state index in [4.69, 9.17) is 9.97 Å². The lowest BCUT2D eigenvalue weighted by Gasteiger charge is -2.19. The van der Waals surface area contributed by atoms with Crippen LogP contribution in [-0.4, -0.2) is 19.1 Å². The summed E-state index contributed by atoms with van der Waals surface area (Å²) < 4.78 is 4.36. The van der Waals surface area contributed by atoms with Crippen molar-refractivity contribution < 1.29 is 0 Å². The van der Waals surface area contributed by atoms with Crippen molar-refractivity contribution in [1.29, 1.82) is 0 Å². The van der Waals surface area contributed by atoms with Gasteiger partial charge in [-0.1, -0.05) is 97.1 Å². The predicted molar refractivity (Wildman–Crippen MR) is 211 cm³/mol. The van der Waals surface area contributed by atoms with E-state index in [1.165, 1.54) is 76.5 Å². The fourth-order valence-electron chi connectivity index (χ4n) is 8.18. The highest BCUT2D eigenvalue weighted by atomic mass is 15.1. The van der Waals surface area contributed by atoms with Crippen molar-refractivity contribution in [1.82, 2.24) is 19.1 Å². The summed E-state index contributed by atoms with van der Waals surface area (Å²) in [6, 6.07) is 49.4. The molecule has 2 heterocycles. The van der Waals surface area contributed by atoms with Crippen LogP contribution in [0.4, 0.5) is 0 Å². The highest BCUT2D eigenvalue weighted by molar-refractivity contribution is 6.24. The van der Waals surface area contributed by atoms with Crippen LogP contribution in [0.5, 0.6) is 0 Å². The number of aromatic nitrogens is 4. The minimum Gasteiger partial charge on any atom is -0.331 e. The van der Waals surface area contributed by atoms with Crippen LogP contribution in [0, 0.1) is 13.8 Å². The van der Waals surface area contributed by atoms with Crippen molar-refractivity contribution in [2.75, 3.05) is 0 Å². The zero-order valence-electron chi connectivity index (χ0n) is 28.5. The summed E-state index contributed by atoms with van der Waals surface area (Å²) in [6.07, 6.45) is 0. The van der Waals surface area contributed by atoms with Gasteiger partial charge in [0.2, 0.25) is 0 Å². The third kappa shape index (κ3) is 4.12. The summed E-state index contributed by atoms with van der Waals surface area (Å²) in [6.45, 7) is 4.13. The van der Waals surface area contributed by atoms with Crippen LogP contribution in [0.3, 0.4) is 0 Å². The number of hydrogen-bond acceptors (Lipinski definition) is 2. The first-order valence-corrected chi connectivity index (χ1v) is 17.2. The maximum Gasteiger partial charge on any atom is 0.106 e. The van der Waals surface area contributed by atoms with Gasteiger partial charge in [0.1, 0.15) is 11.6 Å². The van der Waals surface area contributed by atoms with Crippen molar-refractivity contribution >= 4 is 65.2 Å². The van der Waals surface area contributed by atoms with E-state index in [1.54, 1.807) is 0 Å². The number of imidazole rings is 2. The van der Waals surface area contributed by atoms with Crippen LogP contribution in [0.15, 0.2) is 133 Å². The molecule has 0 bridgehead atoms. The fourth-order valence-corrected chi connectivity index (χ4v) is 8.18. The Labute approximate surface area is 289 Å². The van der Waals surface area contributed by atoms with Crippen LogP contribution >= 0.6 is 0 Å². The van der Waals surface area contributed by atoms with Crippen molar-refractivity contribution in [2.45, 2.75) is 13.8 Å². The quantitative estimate of drug-likeness (QED) is 0.142. The number of rotatable bonds is 3. The summed E-state index contributed by atoms with van der Waals surface area (Å²) in [5.74, 6) is 2.02. The Morgan fingerprint density at radius 2 is 0.900 bits per heavy atom. The minimum absolute atomic E-state index is 1.01. The van der Waals surface area contributed by atoms with E-state index in [0.29, 0.717) is 0 Å². The second-order valence-corrected chi connectivity index (χ2v) is 13.6. The molecule has 0 aliphatic heterocycles. The predicted octanol–water partition coefficient (Wildman–Crippen LogP) is 11.7. The molecule has 0 saturated carbocycles. The summed E-state index contributed by atoms with van der Waals surface area (Å²) >= 11 is 0. The van der Waals surface area contributed by atoms with Gasteiger partial charge in [0.05, 0.1) is 22.1 Å². The summed E-state index contributed by atoms with van der Waals surface area (Å²) in [5, 5.41) is 10.00. The first-order valence-electron chi connectivity index (χ1n) is 17.2. The molecule has 2 aromatic heterocycles. The Hall–Kier alpha value is -6.26. The monoisotopic (exact) mass is 642 g/mol. The molecule has 0 spiro atoms. The molecule has 0 unspecified atom stereocenters. The smallest absolute Gasteiger partial charge is 0.106 e. The molecule has 238 valence electrons. The van der Waals surface area contributed by atoms with E-state index in [9.17, 15) is 0 Å². The number of benzene rings is 8. The zero-order valence-corrected chi connectivity index (χ0v) is 28.5. The Balaban J connectivity index is 1.36. The Morgan fingerprint density at radius 1 is 0.400 bits per heavy atom. The molecule has 10 rings (SSSR count). The second-order valence-electron chi connectivity index (χ2n) is 13.6. The molecule has 0 saturated heterocycles. The van der Waals surface area contributed by atoms with Crippen LogP contribution in [0.1, 0.15) is 11.6 Å². The minimum atomic E-state index is 1.01. The number of aryl methyl sites for hydroxylation is 4. The molecule has 50 heavy (non-hydrogen) atoms. The van der Waals surface area contributed by atoms with Gasteiger partial charge in [-0.05, 0) is 127 Å². The van der Waals surface area contributed by atoms with Crippen molar-refractivity contribution in [3.63, 3.8) is 0 Å². The molecule has 0 N–H and O–H groups in total. The van der Waals surface area contributed by atoms with Crippen LogP contribution in [0.25, 0.3) is 98.5 Å². The molecule has 0 fully saturated rings. The molecule has 10 aromatic rings. The normalized spacial score (nSPS) is 12.0. The lowest BCUT2D eigenvalue weighted by atomic mass is 9.84. The first-order chi connectivity index (χ1) is 24.4. The van der Waals surface area contributed by atoms with Crippen LogP contribution in [0.2, 0.25) is 0 Å². The highest BCUT2D eigenvalue weighted by Gasteiger charge is 2.19. The zero-order chi connectivity index (χ0) is 33.7. The van der Waals surface area contributed by atoms with Gasteiger partial charge in [0.15, 0.2) is 0 Å². The van der Waals surface area contributed by atoms with E-state index in [-0.39, 0.29) is 0 Å². The third-order valence-corrected chi connectivity index (χ3v) is 10.9. The van der Waals surface area contributed by atoms with Gasteiger partial charge in [-0.3, -0.25) is 0 Å². The van der Waals surface area contributed by atoms with Crippen LogP contribution in [-0.2, 0) is 14.1 Å². The molecule has 4 heteroatoms. The van der Waals surface area contributed by atoms with Crippen molar-refractivity contribution in [3.8, 4) is 33.4 Å². The average Bonchev–Trinajstić information content (AvgIpc) is 3.61. The standard InChI is InChI=1S/C46H34N4/c1-27-47-42-21-19-30(24-44(42)49(27)3)33-15-9-17-37-39(33)26-40-34(31-20-22-43-45(25-31)50(4)28(2)48-43)16-10-18-38(40)46(37)41-23-29-11-5-6-12-32(29)35-13-7-8-14-36(35)41/h5-26H,1-4H3. The van der Waals surface area contributed by atoms with Gasteiger partial charge in [-0.25, -0.2) is 9.97 Å². The SMILES string of the molecule is Cc1nc2ccc(-c3cccc4c(-c5cc6ccccc6c6ccccc56)c5cccc(-c6ccc7nc(C)n(C)c7c6)c5cc34)cc2n1C. The molecule has 4 nitrogen and oxygen atoms in total. The van der Waals surface area contributed by atoms with E-state index < -0.39 is 0 Å². The van der Waals surface area contributed by atoms with E-state index in [2.05, 4.69) is 171 Å². The van der Waals surface area contributed by atoms with Crippen molar-refractivity contribution in [3.05, 3.63) is 145 Å². The molecular weight excluding hydrogens is 609 g/mol. The summed E-state index contributed by atoms with van der Waals surface area (Å²) in [7, 11) is 4.20. The first kappa shape index (κ1) is 28.7. The second kappa shape index (κ2) is 10.6. The number of nitrogens with zero attached hydrogens (tertiary/aromatic N) is 4. The Morgan fingerprint density at radius 3 is 1.48 bits per heavy atom. The molecule has 0 atom stereocenters. The lowest BCUT2D eigenvalue weighted by molar-refractivity contribution is 0.886. The molecule has 0 aliphatic carbocycles. The summed E-state index contributed by atoms with van der Waals surface area (Å²) in [4.78, 5) is 9.58. The maximum absolute atomic E-state index is 4.79. The number of fused-ring (bicyclic) bond motifs is 7. The van der Waals surface area contributed by atoms with E-state index in [0.717, 1.165) is 33.7 Å². The molecule has 0 radical (unpaired) electrons. The Bertz CT molecular complexity index is 2890. The highest BCUT2D eigenvalue weighted by Crippen LogP contribution is 2.46. The lowest BCUT2D eigenvalue weighted by Crippen LogP contribution is -1.93. The fraction of sp³-hybridized carbons (Fsp3) is 0.0870. The third-order valence-electron chi connectivity index (χ3n) is 10.9. The van der Waals surface area contributed by atoms with E-state index >= 15 is 0 Å². The molecular formula is C46H34N4. The maximum atomic E-state index is 4.79. The van der Waals surface area contributed by atoms with E-state index in [1.807, 2.05) is 0 Å². The van der Waals surface area contributed by atoms with Gasteiger partial charge in [-0.2, -0.15) is 0 Å². The van der Waals surface area contributed by atoms with Gasteiger partial charge in [-0.15, -0.1) is 0 Å². The van der Waals surface area contributed by atoms with Crippen LogP contribution < -0.4 is 0 Å². The van der Waals surface area contributed by atoms with Crippen molar-refractivity contribution in [2.24, 2.45) is 14.1 Å². The molecule has 8 aromatic carbocycles. The Kier molecular flexibility index (Phi) is 6.10. The summed E-state index contributed by atoms with van der Waals surface area (Å²) in [5.41, 5.74) is 11.6. The molecule has 0 amide bonds. The number of hydrogen-bond donors (Lipinski definition) is 0. The largest absolute Gasteiger partial charge is 0.331 e. The van der Waals surface area contributed by atoms with Gasteiger partial charge in [0, 0.05) is 14.1 Å². The van der Waals surface area contributed by atoms with Gasteiger partial charge in [0.25, 0.3) is 0 Å².